The third-order valence-corrected chi connectivity index (χ3v) is 5.14. The standard InChI is InChI=1S/C16H15N3OS/c1-10-11-8-14(21-13(11)5-6-17-10)16(20)12-9-19-7-3-2-4-15(19)18-12/h2-4,7-10,17H,5-6H2,1H3. The summed E-state index contributed by atoms with van der Waals surface area (Å²) in [6, 6.07) is 8.12. The first-order chi connectivity index (χ1) is 10.2. The Kier molecular flexibility index (Phi) is 2.90. The number of aromatic nitrogens is 2. The largest absolute Gasteiger partial charge is 0.310 e. The molecule has 0 bridgehead atoms. The fourth-order valence-corrected chi connectivity index (χ4v) is 4.01. The van der Waals surface area contributed by atoms with Crippen LogP contribution < -0.4 is 5.32 Å². The van der Waals surface area contributed by atoms with Gasteiger partial charge in [-0.3, -0.25) is 4.79 Å². The summed E-state index contributed by atoms with van der Waals surface area (Å²) in [6.45, 7) is 3.13. The zero-order chi connectivity index (χ0) is 14.4. The molecule has 21 heavy (non-hydrogen) atoms. The third-order valence-electron chi connectivity index (χ3n) is 3.93. The van der Waals surface area contributed by atoms with Crippen LogP contribution >= 0.6 is 11.3 Å². The molecule has 0 spiro atoms. The maximum absolute atomic E-state index is 12.7. The Hall–Kier alpha value is -1.98. The third kappa shape index (κ3) is 2.09. The fraction of sp³-hybridized carbons (Fsp3) is 0.250. The van der Waals surface area contributed by atoms with Crippen LogP contribution in [0.1, 0.15) is 38.8 Å². The zero-order valence-electron chi connectivity index (χ0n) is 11.7. The van der Waals surface area contributed by atoms with Gasteiger partial charge in [-0.15, -0.1) is 11.3 Å². The minimum atomic E-state index is 0.0188. The van der Waals surface area contributed by atoms with E-state index in [0.717, 1.165) is 23.5 Å². The van der Waals surface area contributed by atoms with Gasteiger partial charge in [-0.05, 0) is 37.1 Å². The Morgan fingerprint density at radius 2 is 2.38 bits per heavy atom. The molecule has 0 saturated carbocycles. The number of nitrogens with zero attached hydrogens (tertiary/aromatic N) is 2. The van der Waals surface area contributed by atoms with Crippen LogP contribution in [0.4, 0.5) is 0 Å². The smallest absolute Gasteiger partial charge is 0.222 e. The summed E-state index contributed by atoms with van der Waals surface area (Å²) in [5, 5.41) is 3.43. The highest BCUT2D eigenvalue weighted by molar-refractivity contribution is 7.14. The average Bonchev–Trinajstić information content (AvgIpc) is 3.11. The lowest BCUT2D eigenvalue weighted by Crippen LogP contribution is -2.26. The first kappa shape index (κ1) is 12.7. The van der Waals surface area contributed by atoms with E-state index >= 15 is 0 Å². The Morgan fingerprint density at radius 1 is 1.48 bits per heavy atom. The molecule has 1 atom stereocenters. The lowest BCUT2D eigenvalue weighted by molar-refractivity contribution is 0.103. The van der Waals surface area contributed by atoms with Crippen LogP contribution in [0.2, 0.25) is 0 Å². The van der Waals surface area contributed by atoms with Crippen molar-refractivity contribution >= 4 is 22.8 Å². The molecule has 1 N–H and O–H groups in total. The van der Waals surface area contributed by atoms with Crippen molar-refractivity contribution in [3.05, 3.63) is 57.7 Å². The van der Waals surface area contributed by atoms with E-state index in [2.05, 4.69) is 17.2 Å². The predicted molar refractivity (Wildman–Crippen MR) is 83.1 cm³/mol. The zero-order valence-corrected chi connectivity index (χ0v) is 12.5. The molecule has 0 amide bonds. The van der Waals surface area contributed by atoms with Crippen LogP contribution in [0.3, 0.4) is 0 Å². The number of rotatable bonds is 2. The van der Waals surface area contributed by atoms with Crippen molar-refractivity contribution < 1.29 is 4.79 Å². The molecular weight excluding hydrogens is 282 g/mol. The highest BCUT2D eigenvalue weighted by atomic mass is 32.1. The number of carbonyl (C=O) groups is 1. The van der Waals surface area contributed by atoms with Crippen molar-refractivity contribution in [2.24, 2.45) is 0 Å². The lowest BCUT2D eigenvalue weighted by Gasteiger charge is -2.19. The molecule has 5 heteroatoms. The van der Waals surface area contributed by atoms with Gasteiger partial charge in [0.05, 0.1) is 4.88 Å². The van der Waals surface area contributed by atoms with E-state index in [1.54, 1.807) is 17.5 Å². The van der Waals surface area contributed by atoms with Crippen molar-refractivity contribution in [2.45, 2.75) is 19.4 Å². The second-order valence-corrected chi connectivity index (χ2v) is 6.47. The van der Waals surface area contributed by atoms with Crippen LogP contribution in [-0.4, -0.2) is 21.7 Å². The van der Waals surface area contributed by atoms with Crippen LogP contribution in [0.5, 0.6) is 0 Å². The Morgan fingerprint density at radius 3 is 3.19 bits per heavy atom. The van der Waals surface area contributed by atoms with Gasteiger partial charge in [0.1, 0.15) is 11.3 Å². The molecule has 0 fully saturated rings. The van der Waals surface area contributed by atoms with Crippen LogP contribution in [0.15, 0.2) is 36.7 Å². The van der Waals surface area contributed by atoms with E-state index in [1.165, 1.54) is 10.4 Å². The number of imidazole rings is 1. The SMILES string of the molecule is CC1NCCc2sc(C(=O)c3cn4ccccc4n3)cc21. The minimum absolute atomic E-state index is 0.0188. The highest BCUT2D eigenvalue weighted by Gasteiger charge is 2.23. The number of thiophene rings is 1. The molecule has 3 aromatic heterocycles. The van der Waals surface area contributed by atoms with E-state index in [9.17, 15) is 4.79 Å². The van der Waals surface area contributed by atoms with Crippen molar-refractivity contribution in [3.8, 4) is 0 Å². The molecular formula is C16H15N3OS. The maximum Gasteiger partial charge on any atom is 0.222 e. The van der Waals surface area contributed by atoms with E-state index in [-0.39, 0.29) is 5.78 Å². The molecule has 4 rings (SSSR count). The summed E-state index contributed by atoms with van der Waals surface area (Å²) in [5.41, 5.74) is 2.58. The summed E-state index contributed by atoms with van der Waals surface area (Å²) in [6.07, 6.45) is 4.71. The van der Waals surface area contributed by atoms with Crippen LogP contribution in [0, 0.1) is 0 Å². The summed E-state index contributed by atoms with van der Waals surface area (Å²) < 4.78 is 1.88. The molecule has 0 saturated heterocycles. The van der Waals surface area contributed by atoms with Crippen LogP contribution in [-0.2, 0) is 6.42 Å². The highest BCUT2D eigenvalue weighted by Crippen LogP contribution is 2.31. The minimum Gasteiger partial charge on any atom is -0.310 e. The normalized spacial score (nSPS) is 17.9. The molecule has 4 heterocycles. The summed E-state index contributed by atoms with van der Waals surface area (Å²) in [4.78, 5) is 19.2. The van der Waals surface area contributed by atoms with Gasteiger partial charge in [0.25, 0.3) is 0 Å². The summed E-state index contributed by atoms with van der Waals surface area (Å²) in [5.74, 6) is 0.0188. The van der Waals surface area contributed by atoms with E-state index in [4.69, 9.17) is 0 Å². The maximum atomic E-state index is 12.7. The number of hydrogen-bond acceptors (Lipinski definition) is 4. The predicted octanol–water partition coefficient (Wildman–Crippen LogP) is 2.83. The second kappa shape index (κ2) is 4.79. The van der Waals surface area contributed by atoms with Crippen molar-refractivity contribution in [1.29, 1.82) is 0 Å². The molecule has 106 valence electrons. The monoisotopic (exact) mass is 297 g/mol. The second-order valence-electron chi connectivity index (χ2n) is 5.34. The van der Waals surface area contributed by atoms with Crippen molar-refractivity contribution in [2.75, 3.05) is 6.54 Å². The fourth-order valence-electron chi connectivity index (χ4n) is 2.80. The van der Waals surface area contributed by atoms with Gasteiger partial charge in [-0.25, -0.2) is 4.98 Å². The Labute approximate surface area is 126 Å². The number of carbonyl (C=O) groups excluding carboxylic acids is 1. The first-order valence-corrected chi connectivity index (χ1v) is 7.88. The van der Waals surface area contributed by atoms with Gasteiger partial charge in [-0.1, -0.05) is 6.07 Å². The number of nitrogens with one attached hydrogen (secondary N) is 1. The molecule has 0 radical (unpaired) electrons. The first-order valence-electron chi connectivity index (χ1n) is 7.07. The quantitative estimate of drug-likeness (QED) is 0.740. The molecule has 1 unspecified atom stereocenters. The molecule has 1 aliphatic rings. The number of hydrogen-bond donors (Lipinski definition) is 1. The van der Waals surface area contributed by atoms with Crippen LogP contribution in [0.25, 0.3) is 5.65 Å². The molecule has 4 nitrogen and oxygen atoms in total. The summed E-state index contributed by atoms with van der Waals surface area (Å²) >= 11 is 1.61. The van der Waals surface area contributed by atoms with E-state index < -0.39 is 0 Å². The number of ketones is 1. The van der Waals surface area contributed by atoms with E-state index in [1.807, 2.05) is 34.9 Å². The van der Waals surface area contributed by atoms with Gasteiger partial charge in [0, 0.05) is 29.9 Å². The van der Waals surface area contributed by atoms with Gasteiger partial charge in [0.15, 0.2) is 0 Å². The van der Waals surface area contributed by atoms with Gasteiger partial charge >= 0.3 is 0 Å². The molecule has 0 aliphatic carbocycles. The van der Waals surface area contributed by atoms with Gasteiger partial charge in [0.2, 0.25) is 5.78 Å². The number of pyridine rings is 1. The van der Waals surface area contributed by atoms with Crippen molar-refractivity contribution in [3.63, 3.8) is 0 Å². The molecule has 0 aromatic carbocycles. The summed E-state index contributed by atoms with van der Waals surface area (Å²) in [7, 11) is 0. The topological polar surface area (TPSA) is 46.4 Å². The van der Waals surface area contributed by atoms with Crippen molar-refractivity contribution in [1.82, 2.24) is 14.7 Å². The molecule has 1 aliphatic heterocycles. The number of fused-ring (bicyclic) bond motifs is 2. The molecule has 3 aromatic rings. The van der Waals surface area contributed by atoms with E-state index in [0.29, 0.717) is 11.7 Å². The Bertz CT molecular complexity index is 800. The van der Waals surface area contributed by atoms with Gasteiger partial charge in [-0.2, -0.15) is 0 Å². The lowest BCUT2D eigenvalue weighted by atomic mass is 10.0. The van der Waals surface area contributed by atoms with Gasteiger partial charge < -0.3 is 9.72 Å². The average molecular weight is 297 g/mol. The Balaban J connectivity index is 1.74.